The van der Waals surface area contributed by atoms with E-state index in [4.69, 9.17) is 25.8 Å². The Bertz CT molecular complexity index is 155. The highest BCUT2D eigenvalue weighted by atomic mass is 35.5. The van der Waals surface area contributed by atoms with E-state index in [1.807, 2.05) is 0 Å². The standard InChI is InChI=1S/C11H21ClO3/c1-13-6-7-14-8-9-15-11-5-3-2-4-10(11)12/h10-11H,2-9H2,1H3/t10-,11-/m0/s1. The summed E-state index contributed by atoms with van der Waals surface area (Å²) in [5.41, 5.74) is 0. The molecule has 3 nitrogen and oxygen atoms in total. The van der Waals surface area contributed by atoms with Crippen LogP contribution in [0.25, 0.3) is 0 Å². The van der Waals surface area contributed by atoms with Crippen LogP contribution in [0.4, 0.5) is 0 Å². The van der Waals surface area contributed by atoms with Crippen LogP contribution in [0, 0.1) is 0 Å². The third kappa shape index (κ3) is 5.71. The minimum absolute atomic E-state index is 0.192. The number of hydrogen-bond donors (Lipinski definition) is 0. The predicted octanol–water partition coefficient (Wildman–Crippen LogP) is 2.22. The molecule has 1 saturated carbocycles. The summed E-state index contributed by atoms with van der Waals surface area (Å²) in [5, 5.41) is 0.192. The van der Waals surface area contributed by atoms with Crippen molar-refractivity contribution in [2.75, 3.05) is 33.5 Å². The highest BCUT2D eigenvalue weighted by Crippen LogP contribution is 2.25. The summed E-state index contributed by atoms with van der Waals surface area (Å²) in [5.74, 6) is 0. The zero-order valence-corrected chi connectivity index (χ0v) is 10.2. The number of halogens is 1. The second kappa shape index (κ2) is 8.34. The monoisotopic (exact) mass is 236 g/mol. The number of ether oxygens (including phenoxy) is 3. The molecular weight excluding hydrogens is 216 g/mol. The normalized spacial score (nSPS) is 26.8. The zero-order chi connectivity index (χ0) is 10.9. The number of hydrogen-bond acceptors (Lipinski definition) is 3. The molecule has 1 fully saturated rings. The van der Waals surface area contributed by atoms with E-state index in [0.29, 0.717) is 26.4 Å². The Hall–Kier alpha value is 0.170. The fourth-order valence-electron chi connectivity index (χ4n) is 1.74. The van der Waals surface area contributed by atoms with Crippen molar-refractivity contribution in [3.8, 4) is 0 Å². The Morgan fingerprint density at radius 2 is 1.80 bits per heavy atom. The van der Waals surface area contributed by atoms with Crippen LogP contribution in [0.1, 0.15) is 25.7 Å². The summed E-state index contributed by atoms with van der Waals surface area (Å²) >= 11 is 6.16. The van der Waals surface area contributed by atoms with Crippen molar-refractivity contribution < 1.29 is 14.2 Å². The minimum atomic E-state index is 0.192. The molecule has 0 amide bonds. The molecule has 0 aromatic carbocycles. The van der Waals surface area contributed by atoms with Crippen molar-refractivity contribution in [3.63, 3.8) is 0 Å². The van der Waals surface area contributed by atoms with Gasteiger partial charge in [0.05, 0.1) is 37.9 Å². The van der Waals surface area contributed by atoms with Gasteiger partial charge in [0.15, 0.2) is 0 Å². The van der Waals surface area contributed by atoms with Crippen LogP contribution in [0.3, 0.4) is 0 Å². The van der Waals surface area contributed by atoms with E-state index < -0.39 is 0 Å². The molecule has 0 N–H and O–H groups in total. The van der Waals surface area contributed by atoms with Crippen molar-refractivity contribution in [2.24, 2.45) is 0 Å². The lowest BCUT2D eigenvalue weighted by molar-refractivity contribution is -0.0165. The lowest BCUT2D eigenvalue weighted by Crippen LogP contribution is -2.29. The highest BCUT2D eigenvalue weighted by molar-refractivity contribution is 6.21. The van der Waals surface area contributed by atoms with E-state index in [1.54, 1.807) is 7.11 Å². The first kappa shape index (κ1) is 13.2. The predicted molar refractivity (Wildman–Crippen MR) is 60.5 cm³/mol. The van der Waals surface area contributed by atoms with Gasteiger partial charge in [-0.2, -0.15) is 0 Å². The van der Waals surface area contributed by atoms with Gasteiger partial charge in [-0.1, -0.05) is 12.8 Å². The molecule has 0 aromatic heterocycles. The van der Waals surface area contributed by atoms with Gasteiger partial charge in [-0.05, 0) is 12.8 Å². The quantitative estimate of drug-likeness (QED) is 0.501. The Morgan fingerprint density at radius 3 is 2.53 bits per heavy atom. The van der Waals surface area contributed by atoms with Gasteiger partial charge >= 0.3 is 0 Å². The maximum atomic E-state index is 6.16. The van der Waals surface area contributed by atoms with Gasteiger partial charge in [-0.15, -0.1) is 11.6 Å². The molecule has 0 aliphatic heterocycles. The topological polar surface area (TPSA) is 27.7 Å². The molecule has 0 heterocycles. The van der Waals surface area contributed by atoms with Crippen molar-refractivity contribution in [1.29, 1.82) is 0 Å². The maximum Gasteiger partial charge on any atom is 0.0739 e. The van der Waals surface area contributed by atoms with Gasteiger partial charge in [0, 0.05) is 7.11 Å². The molecule has 0 bridgehead atoms. The molecule has 0 radical (unpaired) electrons. The summed E-state index contributed by atoms with van der Waals surface area (Å²) in [4.78, 5) is 0. The molecule has 1 aliphatic carbocycles. The van der Waals surface area contributed by atoms with Crippen LogP contribution in [0.5, 0.6) is 0 Å². The fraction of sp³-hybridized carbons (Fsp3) is 1.00. The summed E-state index contributed by atoms with van der Waals surface area (Å²) in [6, 6.07) is 0. The van der Waals surface area contributed by atoms with Crippen molar-refractivity contribution in [3.05, 3.63) is 0 Å². The molecule has 0 aromatic rings. The van der Waals surface area contributed by atoms with Crippen LogP contribution in [0.2, 0.25) is 0 Å². The van der Waals surface area contributed by atoms with Gasteiger partial charge in [0.2, 0.25) is 0 Å². The number of rotatable bonds is 7. The van der Waals surface area contributed by atoms with Crippen LogP contribution < -0.4 is 0 Å². The Balaban J connectivity index is 1.94. The van der Waals surface area contributed by atoms with E-state index in [9.17, 15) is 0 Å². The summed E-state index contributed by atoms with van der Waals surface area (Å²) in [6.07, 6.45) is 4.87. The van der Waals surface area contributed by atoms with E-state index in [-0.39, 0.29) is 11.5 Å². The van der Waals surface area contributed by atoms with Gasteiger partial charge < -0.3 is 14.2 Å². The number of methoxy groups -OCH3 is 1. The third-order valence-electron chi connectivity index (χ3n) is 2.61. The molecule has 1 rings (SSSR count). The lowest BCUT2D eigenvalue weighted by atomic mass is 9.97. The van der Waals surface area contributed by atoms with Gasteiger partial charge in [-0.3, -0.25) is 0 Å². The second-order valence-corrected chi connectivity index (χ2v) is 4.38. The first-order valence-corrected chi connectivity index (χ1v) is 6.10. The third-order valence-corrected chi connectivity index (χ3v) is 3.11. The van der Waals surface area contributed by atoms with Crippen molar-refractivity contribution in [2.45, 2.75) is 37.2 Å². The van der Waals surface area contributed by atoms with E-state index in [0.717, 1.165) is 12.8 Å². The molecule has 0 saturated heterocycles. The average molecular weight is 237 g/mol. The lowest BCUT2D eigenvalue weighted by Gasteiger charge is -2.26. The summed E-state index contributed by atoms with van der Waals surface area (Å²) in [6.45, 7) is 2.54. The van der Waals surface area contributed by atoms with Gasteiger partial charge in [0.1, 0.15) is 0 Å². The summed E-state index contributed by atoms with van der Waals surface area (Å²) in [7, 11) is 1.67. The molecule has 0 unspecified atom stereocenters. The SMILES string of the molecule is COCCOCCO[C@H]1CCCC[C@@H]1Cl. The molecule has 2 atom stereocenters. The maximum absolute atomic E-state index is 6.16. The van der Waals surface area contributed by atoms with Gasteiger partial charge in [0.25, 0.3) is 0 Å². The largest absolute Gasteiger partial charge is 0.382 e. The molecule has 4 heteroatoms. The van der Waals surface area contributed by atoms with E-state index in [2.05, 4.69) is 0 Å². The molecule has 0 spiro atoms. The minimum Gasteiger partial charge on any atom is -0.382 e. The van der Waals surface area contributed by atoms with Crippen LogP contribution in [-0.4, -0.2) is 45.0 Å². The van der Waals surface area contributed by atoms with E-state index >= 15 is 0 Å². The Labute approximate surface area is 97.0 Å². The molecule has 1 aliphatic rings. The van der Waals surface area contributed by atoms with Gasteiger partial charge in [-0.25, -0.2) is 0 Å². The Morgan fingerprint density at radius 1 is 1.07 bits per heavy atom. The molecule has 90 valence electrons. The first-order chi connectivity index (χ1) is 7.34. The Kier molecular flexibility index (Phi) is 7.36. The molecular formula is C11H21ClO3. The second-order valence-electron chi connectivity index (χ2n) is 3.81. The molecule has 15 heavy (non-hydrogen) atoms. The van der Waals surface area contributed by atoms with Crippen molar-refractivity contribution in [1.82, 2.24) is 0 Å². The summed E-state index contributed by atoms with van der Waals surface area (Å²) < 4.78 is 15.9. The van der Waals surface area contributed by atoms with E-state index in [1.165, 1.54) is 12.8 Å². The smallest absolute Gasteiger partial charge is 0.0739 e. The first-order valence-electron chi connectivity index (χ1n) is 5.67. The average Bonchev–Trinajstić information content (AvgIpc) is 2.25. The van der Waals surface area contributed by atoms with Crippen LogP contribution in [-0.2, 0) is 14.2 Å². The number of alkyl halides is 1. The zero-order valence-electron chi connectivity index (χ0n) is 9.41. The van der Waals surface area contributed by atoms with Crippen molar-refractivity contribution >= 4 is 11.6 Å². The fourth-order valence-corrected chi connectivity index (χ4v) is 2.10. The van der Waals surface area contributed by atoms with Crippen LogP contribution in [0.15, 0.2) is 0 Å². The highest BCUT2D eigenvalue weighted by Gasteiger charge is 2.23. The van der Waals surface area contributed by atoms with Crippen LogP contribution >= 0.6 is 11.6 Å².